The van der Waals surface area contributed by atoms with Gasteiger partial charge in [0.15, 0.2) is 0 Å². The molecule has 112 valence electrons. The Kier molecular flexibility index (Phi) is 4.29. The predicted octanol–water partition coefficient (Wildman–Crippen LogP) is 2.97. The van der Waals surface area contributed by atoms with Crippen molar-refractivity contribution in [2.45, 2.75) is 32.6 Å². The number of hydrogen-bond donors (Lipinski definition) is 0. The number of hydrogen-bond acceptors (Lipinski definition) is 5. The zero-order chi connectivity index (χ0) is 14.7. The van der Waals surface area contributed by atoms with E-state index in [9.17, 15) is 0 Å². The summed E-state index contributed by atoms with van der Waals surface area (Å²) >= 11 is 0. The highest BCUT2D eigenvalue weighted by atomic mass is 16.4. The van der Waals surface area contributed by atoms with Gasteiger partial charge in [0.2, 0.25) is 11.8 Å². The van der Waals surface area contributed by atoms with E-state index < -0.39 is 0 Å². The van der Waals surface area contributed by atoms with Crippen LogP contribution in [0.4, 0.5) is 0 Å². The molecule has 5 nitrogen and oxygen atoms in total. The zero-order valence-corrected chi connectivity index (χ0v) is 12.7. The summed E-state index contributed by atoms with van der Waals surface area (Å²) in [5, 5.41) is 8.41. The van der Waals surface area contributed by atoms with Crippen LogP contribution < -0.4 is 0 Å². The molecule has 5 heteroatoms. The van der Waals surface area contributed by atoms with Crippen molar-refractivity contribution >= 4 is 0 Å². The van der Waals surface area contributed by atoms with Gasteiger partial charge in [0.25, 0.3) is 0 Å². The molecule has 3 rings (SSSR count). The minimum atomic E-state index is 0.375. The van der Waals surface area contributed by atoms with E-state index in [0.717, 1.165) is 36.9 Å². The average molecular weight is 286 g/mol. The molecule has 1 unspecified atom stereocenters. The second-order valence-electron chi connectivity index (χ2n) is 6.15. The molecule has 3 heterocycles. The molecule has 1 fully saturated rings. The Labute approximate surface area is 125 Å². The molecule has 2 aromatic rings. The van der Waals surface area contributed by atoms with Crippen LogP contribution in [0.5, 0.6) is 0 Å². The Morgan fingerprint density at radius 3 is 2.86 bits per heavy atom. The van der Waals surface area contributed by atoms with E-state index in [4.69, 9.17) is 4.42 Å². The summed E-state index contributed by atoms with van der Waals surface area (Å²) in [7, 11) is 0. The van der Waals surface area contributed by atoms with E-state index in [1.165, 1.54) is 13.0 Å². The summed E-state index contributed by atoms with van der Waals surface area (Å²) in [6.07, 6.45) is 5.83. The molecule has 0 aromatic carbocycles. The fourth-order valence-corrected chi connectivity index (χ4v) is 2.69. The fourth-order valence-electron chi connectivity index (χ4n) is 2.69. The third kappa shape index (κ3) is 3.47. The van der Waals surface area contributed by atoms with Crippen LogP contribution >= 0.6 is 0 Å². The van der Waals surface area contributed by atoms with Crippen LogP contribution in [0.2, 0.25) is 0 Å². The molecule has 0 aliphatic carbocycles. The second kappa shape index (κ2) is 6.35. The topological polar surface area (TPSA) is 55.1 Å². The molecule has 0 spiro atoms. The highest BCUT2D eigenvalue weighted by molar-refractivity contribution is 5.50. The smallest absolute Gasteiger partial charge is 0.247 e. The van der Waals surface area contributed by atoms with Gasteiger partial charge in [0, 0.05) is 24.5 Å². The molecule has 0 bridgehead atoms. The molecule has 1 saturated heterocycles. The van der Waals surface area contributed by atoms with Crippen LogP contribution in [-0.4, -0.2) is 39.7 Å². The van der Waals surface area contributed by atoms with E-state index in [1.54, 1.807) is 12.4 Å². The first-order valence-corrected chi connectivity index (χ1v) is 7.68. The summed E-state index contributed by atoms with van der Waals surface area (Å²) in [4.78, 5) is 6.50. The first-order valence-electron chi connectivity index (χ1n) is 7.68. The van der Waals surface area contributed by atoms with Crippen molar-refractivity contribution in [2.24, 2.45) is 5.92 Å². The van der Waals surface area contributed by atoms with Gasteiger partial charge < -0.3 is 9.32 Å². The molecule has 2 aromatic heterocycles. The van der Waals surface area contributed by atoms with Crippen molar-refractivity contribution in [2.75, 3.05) is 19.6 Å². The van der Waals surface area contributed by atoms with Gasteiger partial charge in [-0.15, -0.1) is 10.2 Å². The van der Waals surface area contributed by atoms with Crippen LogP contribution in [0.3, 0.4) is 0 Å². The van der Waals surface area contributed by atoms with E-state index in [0.29, 0.717) is 11.8 Å². The Bertz CT molecular complexity index is 567. The molecule has 0 N–H and O–H groups in total. The second-order valence-corrected chi connectivity index (χ2v) is 6.15. The van der Waals surface area contributed by atoms with Gasteiger partial charge >= 0.3 is 0 Å². The van der Waals surface area contributed by atoms with E-state index in [2.05, 4.69) is 33.9 Å². The Balaban J connectivity index is 1.62. The van der Waals surface area contributed by atoms with Crippen LogP contribution in [0, 0.1) is 5.92 Å². The molecule has 1 atom stereocenters. The normalized spacial score (nSPS) is 19.5. The molecule has 0 amide bonds. The van der Waals surface area contributed by atoms with Crippen molar-refractivity contribution in [3.63, 3.8) is 0 Å². The highest BCUT2D eigenvalue weighted by Gasteiger charge is 2.28. The van der Waals surface area contributed by atoms with Crippen molar-refractivity contribution in [3.05, 3.63) is 30.4 Å². The maximum atomic E-state index is 5.85. The average Bonchev–Trinajstić information content (AvgIpc) is 3.15. The monoisotopic (exact) mass is 286 g/mol. The molecular weight excluding hydrogens is 264 g/mol. The van der Waals surface area contributed by atoms with Gasteiger partial charge in [-0.1, -0.05) is 13.8 Å². The lowest BCUT2D eigenvalue weighted by molar-refractivity contribution is 0.305. The first-order chi connectivity index (χ1) is 10.2. The fraction of sp³-hybridized carbons (Fsp3) is 0.562. The third-order valence-electron chi connectivity index (χ3n) is 4.01. The van der Waals surface area contributed by atoms with E-state index >= 15 is 0 Å². The Morgan fingerprint density at radius 2 is 2.10 bits per heavy atom. The SMILES string of the molecule is CC(C)CCN1CCC(c2nnc(-c3ccncc3)o2)C1. The van der Waals surface area contributed by atoms with Crippen molar-refractivity contribution in [1.29, 1.82) is 0 Å². The van der Waals surface area contributed by atoms with Crippen molar-refractivity contribution in [1.82, 2.24) is 20.1 Å². The molecule has 1 aliphatic rings. The summed E-state index contributed by atoms with van der Waals surface area (Å²) < 4.78 is 5.85. The van der Waals surface area contributed by atoms with Crippen LogP contribution in [-0.2, 0) is 0 Å². The number of nitrogens with zero attached hydrogens (tertiary/aromatic N) is 4. The Morgan fingerprint density at radius 1 is 1.29 bits per heavy atom. The zero-order valence-electron chi connectivity index (χ0n) is 12.7. The van der Waals surface area contributed by atoms with Gasteiger partial charge in [0.1, 0.15) is 0 Å². The Hall–Kier alpha value is -1.75. The largest absolute Gasteiger partial charge is 0.420 e. The minimum absolute atomic E-state index is 0.375. The third-order valence-corrected chi connectivity index (χ3v) is 4.01. The number of rotatable bonds is 5. The lowest BCUT2D eigenvalue weighted by Crippen LogP contribution is -2.22. The van der Waals surface area contributed by atoms with Gasteiger partial charge in [-0.3, -0.25) is 4.98 Å². The highest BCUT2D eigenvalue weighted by Crippen LogP contribution is 2.28. The molecule has 1 aliphatic heterocycles. The van der Waals surface area contributed by atoms with Gasteiger partial charge in [-0.25, -0.2) is 0 Å². The van der Waals surface area contributed by atoms with Crippen LogP contribution in [0.15, 0.2) is 28.9 Å². The van der Waals surface area contributed by atoms with E-state index in [-0.39, 0.29) is 0 Å². The number of pyridine rings is 1. The molecule has 0 radical (unpaired) electrons. The summed E-state index contributed by atoms with van der Waals surface area (Å²) in [5.74, 6) is 2.49. The van der Waals surface area contributed by atoms with Gasteiger partial charge in [-0.05, 0) is 44.0 Å². The summed E-state index contributed by atoms with van der Waals surface area (Å²) in [6, 6.07) is 3.78. The number of likely N-dealkylation sites (tertiary alicyclic amines) is 1. The lowest BCUT2D eigenvalue weighted by atomic mass is 10.1. The number of aromatic nitrogens is 3. The molecule has 21 heavy (non-hydrogen) atoms. The lowest BCUT2D eigenvalue weighted by Gasteiger charge is -2.16. The van der Waals surface area contributed by atoms with E-state index in [1.807, 2.05) is 12.1 Å². The minimum Gasteiger partial charge on any atom is -0.420 e. The summed E-state index contributed by atoms with van der Waals surface area (Å²) in [6.45, 7) is 7.87. The van der Waals surface area contributed by atoms with Crippen LogP contribution in [0.1, 0.15) is 38.5 Å². The standard InChI is InChI=1S/C16H22N4O/c1-12(2)5-9-20-10-6-14(11-20)16-19-18-15(21-16)13-3-7-17-8-4-13/h3-4,7-8,12,14H,5-6,9-11H2,1-2H3. The predicted molar refractivity (Wildman–Crippen MR) is 80.8 cm³/mol. The quantitative estimate of drug-likeness (QED) is 0.845. The maximum Gasteiger partial charge on any atom is 0.247 e. The van der Waals surface area contributed by atoms with Crippen molar-refractivity contribution < 1.29 is 4.42 Å². The van der Waals surface area contributed by atoms with Gasteiger partial charge in [0.05, 0.1) is 5.92 Å². The first kappa shape index (κ1) is 14.2. The molecule has 0 saturated carbocycles. The van der Waals surface area contributed by atoms with Crippen molar-refractivity contribution in [3.8, 4) is 11.5 Å². The van der Waals surface area contributed by atoms with Gasteiger partial charge in [-0.2, -0.15) is 0 Å². The molecular formula is C16H22N4O. The summed E-state index contributed by atoms with van der Waals surface area (Å²) in [5.41, 5.74) is 0.929. The maximum absolute atomic E-state index is 5.85. The van der Waals surface area contributed by atoms with Crippen LogP contribution in [0.25, 0.3) is 11.5 Å².